The third-order valence-corrected chi connectivity index (χ3v) is 2.95. The Labute approximate surface area is 83.5 Å². The second-order valence-electron chi connectivity index (χ2n) is 6.01. The van der Waals surface area contributed by atoms with Crippen molar-refractivity contribution in [3.63, 3.8) is 0 Å². The Morgan fingerprint density at radius 3 is 2.31 bits per heavy atom. The van der Waals surface area contributed by atoms with Gasteiger partial charge in [-0.25, -0.2) is 0 Å². The highest BCUT2D eigenvalue weighted by molar-refractivity contribution is 4.80. The summed E-state index contributed by atoms with van der Waals surface area (Å²) in [7, 11) is 0. The van der Waals surface area contributed by atoms with Gasteiger partial charge in [-0.3, -0.25) is 0 Å². The molecule has 1 fully saturated rings. The smallest absolute Gasteiger partial charge is 0.00387 e. The normalized spacial score (nSPS) is 25.8. The maximum Gasteiger partial charge on any atom is 0.00387 e. The van der Waals surface area contributed by atoms with Crippen LogP contribution in [0.2, 0.25) is 0 Å². The largest absolute Gasteiger partial charge is 0.301 e. The molecule has 0 aromatic carbocycles. The van der Waals surface area contributed by atoms with Crippen molar-refractivity contribution in [2.45, 2.75) is 53.5 Å². The Hall–Kier alpha value is -0.0400. The van der Waals surface area contributed by atoms with Crippen molar-refractivity contribution >= 4 is 0 Å². The van der Waals surface area contributed by atoms with E-state index in [0.717, 1.165) is 12.0 Å². The molecule has 13 heavy (non-hydrogen) atoms. The standard InChI is InChI=1S/C12H25N/c1-10(2)13-7-6-11(9-13)8-12(3,4)5/h10-11H,6-9H2,1-5H3. The van der Waals surface area contributed by atoms with Crippen LogP contribution in [0.25, 0.3) is 0 Å². The van der Waals surface area contributed by atoms with E-state index in [1.807, 2.05) is 0 Å². The van der Waals surface area contributed by atoms with E-state index in [1.165, 1.54) is 25.9 Å². The fourth-order valence-corrected chi connectivity index (χ4v) is 2.36. The quantitative estimate of drug-likeness (QED) is 0.635. The lowest BCUT2D eigenvalue weighted by molar-refractivity contribution is 0.241. The first-order valence-electron chi connectivity index (χ1n) is 5.62. The van der Waals surface area contributed by atoms with Crippen LogP contribution in [-0.2, 0) is 0 Å². The van der Waals surface area contributed by atoms with Crippen molar-refractivity contribution in [2.24, 2.45) is 11.3 Å². The van der Waals surface area contributed by atoms with Gasteiger partial charge in [0.05, 0.1) is 0 Å². The third-order valence-electron chi connectivity index (χ3n) is 2.95. The van der Waals surface area contributed by atoms with Gasteiger partial charge in [0.1, 0.15) is 0 Å². The summed E-state index contributed by atoms with van der Waals surface area (Å²) in [5.41, 5.74) is 0.512. The highest BCUT2D eigenvalue weighted by Gasteiger charge is 2.27. The van der Waals surface area contributed by atoms with Crippen molar-refractivity contribution in [2.75, 3.05) is 13.1 Å². The zero-order chi connectivity index (χ0) is 10.1. The van der Waals surface area contributed by atoms with Crippen LogP contribution in [0.1, 0.15) is 47.5 Å². The third kappa shape index (κ3) is 3.68. The molecule has 78 valence electrons. The molecule has 0 radical (unpaired) electrons. The number of rotatable bonds is 2. The van der Waals surface area contributed by atoms with Gasteiger partial charge in [-0.05, 0) is 44.6 Å². The fourth-order valence-electron chi connectivity index (χ4n) is 2.36. The molecule has 1 saturated heterocycles. The summed E-state index contributed by atoms with van der Waals surface area (Å²) >= 11 is 0. The van der Waals surface area contributed by atoms with E-state index < -0.39 is 0 Å². The second-order valence-corrected chi connectivity index (χ2v) is 6.01. The molecule has 0 aromatic rings. The molecular weight excluding hydrogens is 158 g/mol. The lowest BCUT2D eigenvalue weighted by Gasteiger charge is -2.24. The Kier molecular flexibility index (Phi) is 3.39. The van der Waals surface area contributed by atoms with Crippen molar-refractivity contribution in [1.29, 1.82) is 0 Å². The predicted octanol–water partition coefficient (Wildman–Crippen LogP) is 3.15. The summed E-state index contributed by atoms with van der Waals surface area (Å²) in [6, 6.07) is 0.741. The van der Waals surface area contributed by atoms with Gasteiger partial charge in [0, 0.05) is 12.6 Å². The molecule has 1 nitrogen and oxygen atoms in total. The van der Waals surface area contributed by atoms with Gasteiger partial charge in [0.25, 0.3) is 0 Å². The molecule has 1 atom stereocenters. The summed E-state index contributed by atoms with van der Waals surface area (Å²) in [5, 5.41) is 0. The first kappa shape index (κ1) is 11.0. The van der Waals surface area contributed by atoms with Crippen LogP contribution in [0.4, 0.5) is 0 Å². The van der Waals surface area contributed by atoms with E-state index in [1.54, 1.807) is 0 Å². The van der Waals surface area contributed by atoms with Crippen LogP contribution in [0.15, 0.2) is 0 Å². The first-order chi connectivity index (χ1) is 5.88. The van der Waals surface area contributed by atoms with Gasteiger partial charge < -0.3 is 4.90 Å². The highest BCUT2D eigenvalue weighted by atomic mass is 15.2. The van der Waals surface area contributed by atoms with Crippen molar-refractivity contribution in [1.82, 2.24) is 4.90 Å². The molecular formula is C12H25N. The minimum Gasteiger partial charge on any atom is -0.301 e. The number of hydrogen-bond donors (Lipinski definition) is 0. The number of nitrogens with zero attached hydrogens (tertiary/aromatic N) is 1. The summed E-state index contributed by atoms with van der Waals surface area (Å²) in [6.45, 7) is 14.3. The Bertz CT molecular complexity index is 155. The summed E-state index contributed by atoms with van der Waals surface area (Å²) in [4.78, 5) is 2.61. The van der Waals surface area contributed by atoms with E-state index >= 15 is 0 Å². The maximum atomic E-state index is 2.61. The van der Waals surface area contributed by atoms with Gasteiger partial charge in [-0.2, -0.15) is 0 Å². The first-order valence-corrected chi connectivity index (χ1v) is 5.62. The van der Waals surface area contributed by atoms with Gasteiger partial charge in [0.2, 0.25) is 0 Å². The van der Waals surface area contributed by atoms with Crippen LogP contribution >= 0.6 is 0 Å². The fraction of sp³-hybridized carbons (Fsp3) is 1.00. The topological polar surface area (TPSA) is 3.24 Å². The molecule has 0 amide bonds. The molecule has 1 heterocycles. The van der Waals surface area contributed by atoms with Crippen molar-refractivity contribution in [3.05, 3.63) is 0 Å². The average Bonchev–Trinajstić information content (AvgIpc) is 2.31. The number of likely N-dealkylation sites (tertiary alicyclic amines) is 1. The Balaban J connectivity index is 2.33. The maximum absolute atomic E-state index is 2.61. The van der Waals surface area contributed by atoms with Crippen LogP contribution in [0.3, 0.4) is 0 Å². The van der Waals surface area contributed by atoms with Crippen LogP contribution in [0, 0.1) is 11.3 Å². The van der Waals surface area contributed by atoms with E-state index in [4.69, 9.17) is 0 Å². The monoisotopic (exact) mass is 183 g/mol. The zero-order valence-corrected chi connectivity index (χ0v) is 9.93. The van der Waals surface area contributed by atoms with Crippen LogP contribution in [0.5, 0.6) is 0 Å². The molecule has 0 N–H and O–H groups in total. The summed E-state index contributed by atoms with van der Waals surface area (Å²) < 4.78 is 0. The van der Waals surface area contributed by atoms with Crippen molar-refractivity contribution in [3.8, 4) is 0 Å². The van der Waals surface area contributed by atoms with Crippen LogP contribution < -0.4 is 0 Å². The lowest BCUT2D eigenvalue weighted by atomic mass is 9.84. The molecule has 0 spiro atoms. The second kappa shape index (κ2) is 4.00. The SMILES string of the molecule is CC(C)N1CCC(CC(C)(C)C)C1. The van der Waals surface area contributed by atoms with Crippen molar-refractivity contribution < 1.29 is 0 Å². The van der Waals surface area contributed by atoms with Gasteiger partial charge >= 0.3 is 0 Å². The Morgan fingerprint density at radius 2 is 1.92 bits per heavy atom. The van der Waals surface area contributed by atoms with E-state index in [0.29, 0.717) is 5.41 Å². The van der Waals surface area contributed by atoms with E-state index in [9.17, 15) is 0 Å². The van der Waals surface area contributed by atoms with Gasteiger partial charge in [-0.1, -0.05) is 20.8 Å². The molecule has 1 unspecified atom stereocenters. The zero-order valence-electron chi connectivity index (χ0n) is 9.93. The molecule has 1 heteroatoms. The number of hydrogen-bond acceptors (Lipinski definition) is 1. The minimum atomic E-state index is 0.512. The summed E-state index contributed by atoms with van der Waals surface area (Å²) in [6.07, 6.45) is 2.80. The molecule has 0 aromatic heterocycles. The predicted molar refractivity (Wildman–Crippen MR) is 58.9 cm³/mol. The average molecular weight is 183 g/mol. The van der Waals surface area contributed by atoms with E-state index in [-0.39, 0.29) is 0 Å². The van der Waals surface area contributed by atoms with Gasteiger partial charge in [-0.15, -0.1) is 0 Å². The molecule has 0 saturated carbocycles. The minimum absolute atomic E-state index is 0.512. The lowest BCUT2D eigenvalue weighted by Crippen LogP contribution is -2.28. The van der Waals surface area contributed by atoms with Crippen LogP contribution in [-0.4, -0.2) is 24.0 Å². The molecule has 0 bridgehead atoms. The Morgan fingerprint density at radius 1 is 1.31 bits per heavy atom. The van der Waals surface area contributed by atoms with Gasteiger partial charge in [0.15, 0.2) is 0 Å². The molecule has 1 aliphatic heterocycles. The van der Waals surface area contributed by atoms with E-state index in [2.05, 4.69) is 39.5 Å². The highest BCUT2D eigenvalue weighted by Crippen LogP contribution is 2.30. The summed E-state index contributed by atoms with van der Waals surface area (Å²) in [5.74, 6) is 0.947. The molecule has 1 rings (SSSR count). The molecule has 1 aliphatic rings. The molecule has 0 aliphatic carbocycles.